The van der Waals surface area contributed by atoms with Crippen LogP contribution in [0.5, 0.6) is 0 Å². The van der Waals surface area contributed by atoms with E-state index in [9.17, 15) is 4.79 Å². The highest BCUT2D eigenvalue weighted by atomic mass is 35.5. The topological polar surface area (TPSA) is 58.8 Å². The van der Waals surface area contributed by atoms with Gasteiger partial charge < -0.3 is 20.3 Å². The van der Waals surface area contributed by atoms with Crippen molar-refractivity contribution in [1.82, 2.24) is 4.90 Å². The van der Waals surface area contributed by atoms with Crippen molar-refractivity contribution >= 4 is 29.9 Å². The van der Waals surface area contributed by atoms with Crippen molar-refractivity contribution in [3.8, 4) is 11.1 Å². The third-order valence-electron chi connectivity index (χ3n) is 6.13. The van der Waals surface area contributed by atoms with Gasteiger partial charge in [0.2, 0.25) is 0 Å². The van der Waals surface area contributed by atoms with Crippen molar-refractivity contribution in [1.29, 1.82) is 0 Å². The minimum Gasteiger partial charge on any atom is -0.448 e. The molecule has 3 aromatic carbocycles. The molecule has 1 saturated heterocycles. The Morgan fingerprint density at radius 1 is 0.839 bits per heavy atom. The van der Waals surface area contributed by atoms with Gasteiger partial charge in [0.05, 0.1) is 0 Å². The SMILES string of the molecule is Cl.Nc1ccc(N2CCN(C(=O)OCC3c4ccccc4-c4ccccc43)CC2)cc1. The number of fused-ring (bicyclic) bond motifs is 3. The molecule has 0 atom stereocenters. The highest BCUT2D eigenvalue weighted by Crippen LogP contribution is 2.44. The van der Waals surface area contributed by atoms with Crippen molar-refractivity contribution in [2.24, 2.45) is 0 Å². The number of halogens is 1. The molecule has 0 saturated carbocycles. The number of nitrogens with zero attached hydrogens (tertiary/aromatic N) is 2. The van der Waals surface area contributed by atoms with Gasteiger partial charge in [-0.3, -0.25) is 0 Å². The van der Waals surface area contributed by atoms with E-state index in [2.05, 4.69) is 53.4 Å². The van der Waals surface area contributed by atoms with Gasteiger partial charge in [0.25, 0.3) is 0 Å². The second-order valence-electron chi connectivity index (χ2n) is 7.87. The van der Waals surface area contributed by atoms with Crippen LogP contribution >= 0.6 is 12.4 Å². The number of benzene rings is 3. The lowest BCUT2D eigenvalue weighted by Gasteiger charge is -2.35. The van der Waals surface area contributed by atoms with Crippen LogP contribution in [0.1, 0.15) is 17.0 Å². The van der Waals surface area contributed by atoms with Gasteiger partial charge in [0, 0.05) is 43.5 Å². The number of piperazine rings is 1. The molecule has 2 N–H and O–H groups in total. The maximum atomic E-state index is 12.7. The average molecular weight is 436 g/mol. The van der Waals surface area contributed by atoms with E-state index >= 15 is 0 Å². The molecule has 1 heterocycles. The molecule has 31 heavy (non-hydrogen) atoms. The van der Waals surface area contributed by atoms with Crippen LogP contribution in [-0.2, 0) is 4.74 Å². The van der Waals surface area contributed by atoms with Gasteiger partial charge in [-0.25, -0.2) is 4.79 Å². The monoisotopic (exact) mass is 435 g/mol. The number of hydrogen-bond donors (Lipinski definition) is 1. The van der Waals surface area contributed by atoms with Gasteiger partial charge in [0.15, 0.2) is 0 Å². The molecule has 6 heteroatoms. The number of ether oxygens (including phenoxy) is 1. The Hall–Kier alpha value is -3.18. The summed E-state index contributed by atoms with van der Waals surface area (Å²) in [6, 6.07) is 24.7. The zero-order chi connectivity index (χ0) is 20.5. The molecule has 5 rings (SSSR count). The van der Waals surface area contributed by atoms with E-state index in [1.54, 1.807) is 4.90 Å². The molecule has 3 aromatic rings. The Kier molecular flexibility index (Phi) is 6.05. The molecule has 0 unspecified atom stereocenters. The largest absolute Gasteiger partial charge is 0.448 e. The fraction of sp³-hybridized carbons (Fsp3) is 0.240. The van der Waals surface area contributed by atoms with Gasteiger partial charge in [-0.15, -0.1) is 12.4 Å². The minimum atomic E-state index is -0.228. The van der Waals surface area contributed by atoms with E-state index in [1.165, 1.54) is 22.3 Å². The molecule has 0 aromatic heterocycles. The van der Waals surface area contributed by atoms with Gasteiger partial charge in [-0.1, -0.05) is 48.5 Å². The summed E-state index contributed by atoms with van der Waals surface area (Å²) in [5, 5.41) is 0. The van der Waals surface area contributed by atoms with Gasteiger partial charge >= 0.3 is 6.09 Å². The van der Waals surface area contributed by atoms with E-state index in [0.717, 1.165) is 24.5 Å². The third-order valence-corrected chi connectivity index (χ3v) is 6.13. The Balaban J connectivity index is 0.00000231. The maximum absolute atomic E-state index is 12.7. The first kappa shape index (κ1) is 21.1. The van der Waals surface area contributed by atoms with Crippen molar-refractivity contribution in [2.75, 3.05) is 43.4 Å². The lowest BCUT2D eigenvalue weighted by Crippen LogP contribution is -2.49. The first-order valence-corrected chi connectivity index (χ1v) is 10.4. The number of amides is 1. The van der Waals surface area contributed by atoms with E-state index in [4.69, 9.17) is 10.5 Å². The molecule has 160 valence electrons. The molecule has 1 aliphatic carbocycles. The fourth-order valence-corrected chi connectivity index (χ4v) is 4.52. The van der Waals surface area contributed by atoms with E-state index in [-0.39, 0.29) is 24.4 Å². The third kappa shape index (κ3) is 4.06. The molecule has 5 nitrogen and oxygen atoms in total. The smallest absolute Gasteiger partial charge is 0.409 e. The van der Waals surface area contributed by atoms with Crippen LogP contribution in [0, 0.1) is 0 Å². The highest BCUT2D eigenvalue weighted by molar-refractivity contribution is 5.85. The van der Waals surface area contributed by atoms with Crippen molar-refractivity contribution in [2.45, 2.75) is 5.92 Å². The second-order valence-corrected chi connectivity index (χ2v) is 7.87. The number of carbonyl (C=O) groups excluding carboxylic acids is 1. The molecule has 0 bridgehead atoms. The lowest BCUT2D eigenvalue weighted by atomic mass is 9.98. The summed E-state index contributed by atoms with van der Waals surface area (Å²) in [6.07, 6.45) is -0.228. The summed E-state index contributed by atoms with van der Waals surface area (Å²) in [6.45, 7) is 3.25. The maximum Gasteiger partial charge on any atom is 0.409 e. The van der Waals surface area contributed by atoms with Crippen molar-refractivity contribution in [3.63, 3.8) is 0 Å². The molecule has 1 amide bonds. The summed E-state index contributed by atoms with van der Waals surface area (Å²) in [7, 11) is 0. The zero-order valence-corrected chi connectivity index (χ0v) is 18.1. The van der Waals surface area contributed by atoms with Crippen LogP contribution in [0.3, 0.4) is 0 Å². The standard InChI is InChI=1S/C25H25N3O2.ClH/c26-18-9-11-19(12-10-18)27-13-15-28(16-14-27)25(29)30-17-24-22-7-3-1-5-20(22)21-6-2-4-8-23(21)24;/h1-12,24H,13-17,26H2;1H. The first-order chi connectivity index (χ1) is 14.7. The number of hydrogen-bond acceptors (Lipinski definition) is 4. The van der Waals surface area contributed by atoms with E-state index in [1.807, 2.05) is 24.3 Å². The molecular formula is C25H26ClN3O2. The lowest BCUT2D eigenvalue weighted by molar-refractivity contribution is 0.0977. The van der Waals surface area contributed by atoms with Gasteiger partial charge in [-0.2, -0.15) is 0 Å². The summed E-state index contributed by atoms with van der Waals surface area (Å²) in [5.41, 5.74) is 12.6. The zero-order valence-electron chi connectivity index (χ0n) is 17.2. The van der Waals surface area contributed by atoms with Crippen LogP contribution in [-0.4, -0.2) is 43.8 Å². The number of nitrogens with two attached hydrogens (primary N) is 1. The number of nitrogen functional groups attached to an aromatic ring is 1. The molecule has 2 aliphatic rings. The van der Waals surface area contributed by atoms with Crippen LogP contribution in [0.2, 0.25) is 0 Å². The second kappa shape index (κ2) is 8.90. The van der Waals surface area contributed by atoms with Gasteiger partial charge in [0.1, 0.15) is 6.61 Å². The number of carbonyl (C=O) groups is 1. The van der Waals surface area contributed by atoms with E-state index < -0.39 is 0 Å². The summed E-state index contributed by atoms with van der Waals surface area (Å²) < 4.78 is 5.79. The Morgan fingerprint density at radius 3 is 1.97 bits per heavy atom. The molecule has 0 radical (unpaired) electrons. The number of anilines is 2. The van der Waals surface area contributed by atoms with Crippen LogP contribution in [0.25, 0.3) is 11.1 Å². The normalized spacial score (nSPS) is 15.1. The first-order valence-electron chi connectivity index (χ1n) is 10.4. The van der Waals surface area contributed by atoms with Gasteiger partial charge in [-0.05, 0) is 46.5 Å². The molecule has 1 fully saturated rings. The Morgan fingerprint density at radius 2 is 1.39 bits per heavy atom. The minimum absolute atomic E-state index is 0. The predicted octanol–water partition coefficient (Wildman–Crippen LogP) is 4.76. The molecule has 0 spiro atoms. The number of rotatable bonds is 3. The quantitative estimate of drug-likeness (QED) is 0.602. The summed E-state index contributed by atoms with van der Waals surface area (Å²) >= 11 is 0. The molecule has 1 aliphatic heterocycles. The average Bonchev–Trinajstić information content (AvgIpc) is 3.12. The van der Waals surface area contributed by atoms with E-state index in [0.29, 0.717) is 19.7 Å². The fourth-order valence-electron chi connectivity index (χ4n) is 4.52. The summed E-state index contributed by atoms with van der Waals surface area (Å²) in [4.78, 5) is 16.8. The predicted molar refractivity (Wildman–Crippen MR) is 127 cm³/mol. The van der Waals surface area contributed by atoms with Crippen LogP contribution in [0.15, 0.2) is 72.8 Å². The Labute approximate surface area is 188 Å². The van der Waals surface area contributed by atoms with Crippen molar-refractivity contribution < 1.29 is 9.53 Å². The highest BCUT2D eigenvalue weighted by Gasteiger charge is 2.30. The summed E-state index contributed by atoms with van der Waals surface area (Å²) in [5.74, 6) is 0.0948. The van der Waals surface area contributed by atoms with Crippen molar-refractivity contribution in [3.05, 3.63) is 83.9 Å². The van der Waals surface area contributed by atoms with Crippen LogP contribution in [0.4, 0.5) is 16.2 Å². The van der Waals surface area contributed by atoms with Crippen LogP contribution < -0.4 is 10.6 Å². The molecular weight excluding hydrogens is 410 g/mol. The Bertz CT molecular complexity index is 1020.